The summed E-state index contributed by atoms with van der Waals surface area (Å²) in [5.41, 5.74) is 2.43. The summed E-state index contributed by atoms with van der Waals surface area (Å²) in [6.07, 6.45) is 1.50. The molecule has 0 unspecified atom stereocenters. The molecule has 39 heavy (non-hydrogen) atoms. The number of rotatable bonds is 8. The lowest BCUT2D eigenvalue weighted by Crippen LogP contribution is -2.22. The van der Waals surface area contributed by atoms with Crippen LogP contribution in [0.15, 0.2) is 133 Å². The molecule has 0 fully saturated rings. The summed E-state index contributed by atoms with van der Waals surface area (Å²) in [6, 6.07) is 39.3. The van der Waals surface area contributed by atoms with Gasteiger partial charge >= 0.3 is 5.97 Å². The fourth-order valence-corrected chi connectivity index (χ4v) is 7.07. The van der Waals surface area contributed by atoms with E-state index in [0.717, 1.165) is 33.1 Å². The van der Waals surface area contributed by atoms with Crippen LogP contribution in [0, 0.1) is 11.6 Å². The molecule has 0 saturated heterocycles. The molecule has 192 valence electrons. The third-order valence-corrected chi connectivity index (χ3v) is 8.91. The van der Waals surface area contributed by atoms with E-state index >= 15 is 0 Å². The van der Waals surface area contributed by atoms with E-state index in [1.165, 1.54) is 6.07 Å². The lowest BCUT2D eigenvalue weighted by Gasteiger charge is -2.23. The molecular weight excluding hydrogens is 509 g/mol. The summed E-state index contributed by atoms with van der Waals surface area (Å²) < 4.78 is 29.4. The van der Waals surface area contributed by atoms with E-state index in [9.17, 15) is 18.7 Å². The van der Waals surface area contributed by atoms with Crippen molar-refractivity contribution in [2.45, 2.75) is 6.42 Å². The molecule has 0 atom stereocenters. The number of hydrogen-bond acceptors (Lipinski definition) is 1. The molecular formula is C34H25F2O2P. The molecule has 5 aromatic carbocycles. The van der Waals surface area contributed by atoms with Crippen LogP contribution in [0.5, 0.6) is 0 Å². The van der Waals surface area contributed by atoms with Crippen LogP contribution in [0.4, 0.5) is 8.78 Å². The van der Waals surface area contributed by atoms with Crippen molar-refractivity contribution in [3.05, 3.63) is 156 Å². The van der Waals surface area contributed by atoms with Crippen LogP contribution in [0.2, 0.25) is 0 Å². The van der Waals surface area contributed by atoms with Gasteiger partial charge in [0.1, 0.15) is 0 Å². The van der Waals surface area contributed by atoms with Gasteiger partial charge in [0.2, 0.25) is 0 Å². The van der Waals surface area contributed by atoms with E-state index in [2.05, 4.69) is 24.3 Å². The van der Waals surface area contributed by atoms with Crippen molar-refractivity contribution in [2.75, 3.05) is 0 Å². The van der Waals surface area contributed by atoms with Gasteiger partial charge in [-0.05, 0) is 64.3 Å². The lowest BCUT2D eigenvalue weighted by molar-refractivity contribution is -0.132. The second kappa shape index (κ2) is 12.0. The van der Waals surface area contributed by atoms with Gasteiger partial charge in [0, 0.05) is 12.0 Å². The number of carbonyl (C=O) groups is 1. The van der Waals surface area contributed by atoms with Crippen LogP contribution in [0.1, 0.15) is 11.1 Å². The number of benzene rings is 5. The maximum absolute atomic E-state index is 14.8. The number of carboxylic acid groups (broad SMARTS) is 1. The lowest BCUT2D eigenvalue weighted by atomic mass is 9.93. The molecule has 5 rings (SSSR count). The predicted molar refractivity (Wildman–Crippen MR) is 156 cm³/mol. The highest BCUT2D eigenvalue weighted by Gasteiger charge is 2.23. The summed E-state index contributed by atoms with van der Waals surface area (Å²) in [6.45, 7) is 0. The Labute approximate surface area is 227 Å². The molecule has 0 radical (unpaired) electrons. The van der Waals surface area contributed by atoms with Gasteiger partial charge in [-0.15, -0.1) is 0 Å². The average molecular weight is 535 g/mol. The number of halogens is 2. The largest absolute Gasteiger partial charge is 0.478 e. The topological polar surface area (TPSA) is 37.3 Å². The SMILES string of the molecule is O=C(O)C(=Cc1ccccc1)Cc1cc(F)c(F)cc1-c1ccccc1P(c1ccccc1)c1ccccc1. The van der Waals surface area contributed by atoms with E-state index in [1.807, 2.05) is 78.9 Å². The van der Waals surface area contributed by atoms with Gasteiger partial charge < -0.3 is 5.11 Å². The Kier molecular flexibility index (Phi) is 8.05. The Balaban J connectivity index is 1.69. The third-order valence-electron chi connectivity index (χ3n) is 6.41. The summed E-state index contributed by atoms with van der Waals surface area (Å²) in [5.74, 6) is -3.10. The number of hydrogen-bond donors (Lipinski definition) is 1. The third kappa shape index (κ3) is 6.03. The number of aliphatic carboxylic acids is 1. The quantitative estimate of drug-likeness (QED) is 0.170. The minimum atomic E-state index is -1.11. The highest BCUT2D eigenvalue weighted by Crippen LogP contribution is 2.38. The zero-order valence-electron chi connectivity index (χ0n) is 21.0. The second-order valence-corrected chi connectivity index (χ2v) is 11.2. The summed E-state index contributed by atoms with van der Waals surface area (Å²) in [7, 11) is -1.04. The maximum atomic E-state index is 14.8. The van der Waals surface area contributed by atoms with Crippen LogP contribution < -0.4 is 15.9 Å². The van der Waals surface area contributed by atoms with E-state index in [-0.39, 0.29) is 12.0 Å². The van der Waals surface area contributed by atoms with Gasteiger partial charge in [0.05, 0.1) is 0 Å². The van der Waals surface area contributed by atoms with Gasteiger partial charge in [-0.1, -0.05) is 115 Å². The first kappa shape index (κ1) is 26.2. The van der Waals surface area contributed by atoms with Crippen molar-refractivity contribution < 1.29 is 18.7 Å². The summed E-state index contributed by atoms with van der Waals surface area (Å²) in [4.78, 5) is 12.2. The fraction of sp³-hybridized carbons (Fsp3) is 0.0294. The normalized spacial score (nSPS) is 11.5. The predicted octanol–water partition coefficient (Wildman–Crippen LogP) is 7.10. The van der Waals surface area contributed by atoms with Crippen molar-refractivity contribution in [2.24, 2.45) is 0 Å². The molecule has 1 N–H and O–H groups in total. The van der Waals surface area contributed by atoms with E-state index < -0.39 is 25.5 Å². The second-order valence-electron chi connectivity index (χ2n) is 9.01. The highest BCUT2D eigenvalue weighted by molar-refractivity contribution is 7.80. The standard InChI is InChI=1S/C34H25F2O2P/c35-31-22-25(21-26(34(37)38)20-24-12-4-1-5-13-24)30(23-32(31)36)29-18-10-11-19-33(29)39(27-14-6-2-7-15-27)28-16-8-3-9-17-28/h1-20,22-23H,21H2,(H,37,38). The summed E-state index contributed by atoms with van der Waals surface area (Å²) in [5, 5.41) is 13.2. The van der Waals surface area contributed by atoms with Gasteiger partial charge in [-0.2, -0.15) is 0 Å². The molecule has 0 saturated carbocycles. The minimum absolute atomic E-state index is 0.0697. The summed E-state index contributed by atoms with van der Waals surface area (Å²) >= 11 is 0. The first-order valence-electron chi connectivity index (χ1n) is 12.5. The van der Waals surface area contributed by atoms with Gasteiger partial charge in [0.15, 0.2) is 11.6 Å². The van der Waals surface area contributed by atoms with Crippen LogP contribution in [0.3, 0.4) is 0 Å². The van der Waals surface area contributed by atoms with E-state index in [1.54, 1.807) is 18.2 Å². The molecule has 0 bridgehead atoms. The minimum Gasteiger partial charge on any atom is -0.478 e. The highest BCUT2D eigenvalue weighted by atomic mass is 31.1. The number of carboxylic acids is 1. The Bertz CT molecular complexity index is 1580. The molecule has 5 heteroatoms. The molecule has 0 aromatic heterocycles. The first-order chi connectivity index (χ1) is 19.0. The van der Waals surface area contributed by atoms with Crippen molar-refractivity contribution >= 4 is 35.9 Å². The van der Waals surface area contributed by atoms with Crippen molar-refractivity contribution in [3.63, 3.8) is 0 Å². The molecule has 0 amide bonds. The Hall–Kier alpha value is -4.40. The Morgan fingerprint density at radius 2 is 1.18 bits per heavy atom. The van der Waals surface area contributed by atoms with Gasteiger partial charge in [-0.3, -0.25) is 0 Å². The average Bonchev–Trinajstić information content (AvgIpc) is 2.97. The van der Waals surface area contributed by atoms with Crippen LogP contribution in [0.25, 0.3) is 17.2 Å². The fourth-order valence-electron chi connectivity index (χ4n) is 4.61. The molecule has 0 aliphatic heterocycles. The molecule has 0 aliphatic carbocycles. The van der Waals surface area contributed by atoms with Gasteiger partial charge in [0.25, 0.3) is 0 Å². The van der Waals surface area contributed by atoms with Crippen molar-refractivity contribution in [1.29, 1.82) is 0 Å². The molecule has 5 aromatic rings. The first-order valence-corrected chi connectivity index (χ1v) is 13.8. The van der Waals surface area contributed by atoms with E-state index in [4.69, 9.17) is 0 Å². The van der Waals surface area contributed by atoms with Crippen LogP contribution in [-0.2, 0) is 11.2 Å². The molecule has 0 heterocycles. The van der Waals surface area contributed by atoms with Gasteiger partial charge in [-0.25, -0.2) is 13.6 Å². The van der Waals surface area contributed by atoms with E-state index in [0.29, 0.717) is 11.1 Å². The van der Waals surface area contributed by atoms with Crippen molar-refractivity contribution in [3.8, 4) is 11.1 Å². The maximum Gasteiger partial charge on any atom is 0.331 e. The van der Waals surface area contributed by atoms with Crippen molar-refractivity contribution in [1.82, 2.24) is 0 Å². The zero-order valence-corrected chi connectivity index (χ0v) is 21.9. The Morgan fingerprint density at radius 1 is 0.667 bits per heavy atom. The molecule has 2 nitrogen and oxygen atoms in total. The van der Waals surface area contributed by atoms with Crippen LogP contribution in [-0.4, -0.2) is 11.1 Å². The van der Waals surface area contributed by atoms with Crippen LogP contribution >= 0.6 is 7.92 Å². The smallest absolute Gasteiger partial charge is 0.331 e. The Morgan fingerprint density at radius 3 is 1.77 bits per heavy atom. The zero-order chi connectivity index (χ0) is 27.2. The monoisotopic (exact) mass is 534 g/mol. The molecule has 0 spiro atoms. The molecule has 0 aliphatic rings.